The van der Waals surface area contributed by atoms with Crippen molar-refractivity contribution in [3.63, 3.8) is 0 Å². The van der Waals surface area contributed by atoms with Crippen LogP contribution in [0.4, 0.5) is 0 Å². The monoisotopic (exact) mass is 398 g/mol. The Bertz CT molecular complexity index is 983. The van der Waals surface area contributed by atoms with Crippen LogP contribution in [0.2, 0.25) is 5.02 Å². The van der Waals surface area contributed by atoms with Gasteiger partial charge in [0, 0.05) is 25.4 Å². The van der Waals surface area contributed by atoms with Gasteiger partial charge >= 0.3 is 0 Å². The lowest BCUT2D eigenvalue weighted by Crippen LogP contribution is -2.32. The van der Waals surface area contributed by atoms with E-state index in [1.165, 1.54) is 27.2 Å². The average Bonchev–Trinajstić information content (AvgIpc) is 3.06. The number of aromatic nitrogens is 1. The molecule has 0 saturated heterocycles. The lowest BCUT2D eigenvalue weighted by atomic mass is 10.2. The standard InChI is InChI=1S/C17H19ClN2O5S/c1-3-20(4-2)26(22,23)13-5-6-16(21)19(10-13)9-12-7-14(18)17-15(8-12)24-11-25-17/h5-8,10H,3-4,9,11H2,1-2H3. The van der Waals surface area contributed by atoms with E-state index in [0.717, 1.165) is 0 Å². The summed E-state index contributed by atoms with van der Waals surface area (Å²) >= 11 is 6.17. The van der Waals surface area contributed by atoms with Crippen molar-refractivity contribution in [1.29, 1.82) is 0 Å². The molecule has 0 fully saturated rings. The largest absolute Gasteiger partial charge is 0.454 e. The quantitative estimate of drug-likeness (QED) is 0.746. The number of pyridine rings is 1. The first-order valence-electron chi connectivity index (χ1n) is 8.15. The maximum Gasteiger partial charge on any atom is 0.250 e. The van der Waals surface area contributed by atoms with E-state index in [4.69, 9.17) is 21.1 Å². The number of hydrogen-bond donors (Lipinski definition) is 0. The van der Waals surface area contributed by atoms with E-state index in [1.807, 2.05) is 0 Å². The van der Waals surface area contributed by atoms with Gasteiger partial charge in [-0.3, -0.25) is 4.79 Å². The van der Waals surface area contributed by atoms with Crippen molar-refractivity contribution in [3.05, 3.63) is 51.4 Å². The van der Waals surface area contributed by atoms with E-state index in [9.17, 15) is 13.2 Å². The number of benzene rings is 1. The third kappa shape index (κ3) is 3.44. The minimum atomic E-state index is -3.65. The lowest BCUT2D eigenvalue weighted by molar-refractivity contribution is 0.174. The number of nitrogens with zero attached hydrogens (tertiary/aromatic N) is 2. The molecule has 7 nitrogen and oxygen atoms in total. The fraction of sp³-hybridized carbons (Fsp3) is 0.353. The van der Waals surface area contributed by atoms with Gasteiger partial charge in [-0.1, -0.05) is 25.4 Å². The Kier molecular flexibility index (Phi) is 5.27. The van der Waals surface area contributed by atoms with Crippen molar-refractivity contribution in [1.82, 2.24) is 8.87 Å². The van der Waals surface area contributed by atoms with Gasteiger partial charge in [0.2, 0.25) is 16.8 Å². The van der Waals surface area contributed by atoms with Gasteiger partial charge in [-0.2, -0.15) is 4.31 Å². The Morgan fingerprint density at radius 3 is 2.62 bits per heavy atom. The van der Waals surface area contributed by atoms with Crippen molar-refractivity contribution < 1.29 is 17.9 Å². The molecule has 0 aliphatic carbocycles. The molecule has 2 heterocycles. The molecule has 0 unspecified atom stereocenters. The normalized spacial score (nSPS) is 13.4. The molecule has 0 amide bonds. The maximum absolute atomic E-state index is 12.7. The van der Waals surface area contributed by atoms with Crippen LogP contribution in [0.5, 0.6) is 11.5 Å². The molecule has 2 aromatic rings. The fourth-order valence-corrected chi connectivity index (χ4v) is 4.57. The Hall–Kier alpha value is -2.03. The van der Waals surface area contributed by atoms with E-state index in [2.05, 4.69) is 0 Å². The molecule has 26 heavy (non-hydrogen) atoms. The van der Waals surface area contributed by atoms with Crippen LogP contribution in [-0.4, -0.2) is 37.2 Å². The van der Waals surface area contributed by atoms with Crippen LogP contribution in [0.3, 0.4) is 0 Å². The molecule has 0 spiro atoms. The zero-order chi connectivity index (χ0) is 18.9. The van der Waals surface area contributed by atoms with Crippen LogP contribution >= 0.6 is 11.6 Å². The van der Waals surface area contributed by atoms with Crippen LogP contribution < -0.4 is 15.0 Å². The first-order chi connectivity index (χ1) is 12.4. The number of hydrogen-bond acceptors (Lipinski definition) is 5. The van der Waals surface area contributed by atoms with Crippen LogP contribution in [0.1, 0.15) is 19.4 Å². The zero-order valence-corrected chi connectivity index (χ0v) is 16.0. The molecule has 0 saturated carbocycles. The second kappa shape index (κ2) is 7.30. The molecule has 0 atom stereocenters. The highest BCUT2D eigenvalue weighted by molar-refractivity contribution is 7.89. The number of rotatable bonds is 6. The molecule has 140 valence electrons. The predicted molar refractivity (Wildman–Crippen MR) is 97.5 cm³/mol. The summed E-state index contributed by atoms with van der Waals surface area (Å²) in [6.45, 7) is 4.51. The van der Waals surface area contributed by atoms with E-state index in [-0.39, 0.29) is 23.8 Å². The highest BCUT2D eigenvalue weighted by Crippen LogP contribution is 2.39. The van der Waals surface area contributed by atoms with E-state index >= 15 is 0 Å². The Morgan fingerprint density at radius 2 is 1.92 bits per heavy atom. The third-order valence-corrected chi connectivity index (χ3v) is 6.45. The molecule has 0 N–H and O–H groups in total. The minimum absolute atomic E-state index is 0.0765. The van der Waals surface area contributed by atoms with Gasteiger partial charge < -0.3 is 14.0 Å². The van der Waals surface area contributed by atoms with Gasteiger partial charge in [0.15, 0.2) is 11.5 Å². The Labute approximate surface area is 156 Å². The van der Waals surface area contributed by atoms with Gasteiger partial charge in [-0.25, -0.2) is 8.42 Å². The van der Waals surface area contributed by atoms with Gasteiger partial charge in [-0.15, -0.1) is 0 Å². The maximum atomic E-state index is 12.7. The van der Waals surface area contributed by atoms with E-state index in [0.29, 0.717) is 35.2 Å². The molecule has 3 rings (SSSR count). The molecular formula is C17H19ClN2O5S. The van der Waals surface area contributed by atoms with E-state index in [1.54, 1.807) is 26.0 Å². The first-order valence-corrected chi connectivity index (χ1v) is 9.97. The summed E-state index contributed by atoms with van der Waals surface area (Å²) in [5.74, 6) is 0.980. The second-order valence-corrected chi connectivity index (χ2v) is 8.08. The van der Waals surface area contributed by atoms with Crippen LogP contribution in [-0.2, 0) is 16.6 Å². The molecule has 1 aromatic heterocycles. The molecule has 0 radical (unpaired) electrons. The third-order valence-electron chi connectivity index (χ3n) is 4.14. The molecule has 1 aliphatic rings. The van der Waals surface area contributed by atoms with Crippen molar-refractivity contribution in [2.45, 2.75) is 25.3 Å². The fourth-order valence-electron chi connectivity index (χ4n) is 2.81. The summed E-state index contributed by atoms with van der Waals surface area (Å²) in [4.78, 5) is 12.3. The number of fused-ring (bicyclic) bond motifs is 1. The number of halogens is 1. The second-order valence-electron chi connectivity index (χ2n) is 5.73. The first kappa shape index (κ1) is 18.8. The van der Waals surface area contributed by atoms with Gasteiger partial charge in [-0.05, 0) is 23.8 Å². The number of sulfonamides is 1. The summed E-state index contributed by atoms with van der Waals surface area (Å²) in [6.07, 6.45) is 1.36. The summed E-state index contributed by atoms with van der Waals surface area (Å²) in [6, 6.07) is 5.99. The Morgan fingerprint density at radius 1 is 1.19 bits per heavy atom. The lowest BCUT2D eigenvalue weighted by Gasteiger charge is -2.19. The summed E-state index contributed by atoms with van der Waals surface area (Å²) < 4.78 is 38.6. The van der Waals surface area contributed by atoms with Gasteiger partial charge in [0.1, 0.15) is 0 Å². The van der Waals surface area contributed by atoms with Crippen LogP contribution in [0, 0.1) is 0 Å². The van der Waals surface area contributed by atoms with Crippen molar-refractivity contribution in [2.24, 2.45) is 0 Å². The SMILES string of the molecule is CCN(CC)S(=O)(=O)c1ccc(=O)n(Cc2cc(Cl)c3c(c2)OCO3)c1. The van der Waals surface area contributed by atoms with Crippen molar-refractivity contribution in [2.75, 3.05) is 19.9 Å². The highest BCUT2D eigenvalue weighted by Gasteiger charge is 2.23. The molecule has 1 aliphatic heterocycles. The van der Waals surface area contributed by atoms with Gasteiger partial charge in [0.25, 0.3) is 5.56 Å². The smallest absolute Gasteiger partial charge is 0.250 e. The molecule has 1 aromatic carbocycles. The predicted octanol–water partition coefficient (Wildman–Crippen LogP) is 2.31. The number of ether oxygens (including phenoxy) is 2. The van der Waals surface area contributed by atoms with Gasteiger partial charge in [0.05, 0.1) is 16.5 Å². The molecule has 0 bridgehead atoms. The topological polar surface area (TPSA) is 77.8 Å². The summed E-state index contributed by atoms with van der Waals surface area (Å²) in [7, 11) is -3.65. The highest BCUT2D eigenvalue weighted by atomic mass is 35.5. The van der Waals surface area contributed by atoms with Crippen LogP contribution in [0.15, 0.2) is 40.2 Å². The van der Waals surface area contributed by atoms with E-state index < -0.39 is 10.0 Å². The van der Waals surface area contributed by atoms with Crippen molar-refractivity contribution >= 4 is 21.6 Å². The molecular weight excluding hydrogens is 380 g/mol. The van der Waals surface area contributed by atoms with Crippen LogP contribution in [0.25, 0.3) is 0 Å². The molecule has 9 heteroatoms. The Balaban J connectivity index is 1.97. The summed E-state index contributed by atoms with van der Waals surface area (Å²) in [5, 5.41) is 0.384. The zero-order valence-electron chi connectivity index (χ0n) is 14.4. The minimum Gasteiger partial charge on any atom is -0.454 e. The average molecular weight is 399 g/mol. The van der Waals surface area contributed by atoms with Crippen molar-refractivity contribution in [3.8, 4) is 11.5 Å². The summed E-state index contributed by atoms with van der Waals surface area (Å²) in [5.41, 5.74) is 0.399.